The number of likely N-dealkylation sites (tertiary alicyclic amines) is 1. The number of carbonyl (C=O) groups is 2. The highest BCUT2D eigenvalue weighted by Gasteiger charge is 2.46. The molecule has 1 aromatic carbocycles. The van der Waals surface area contributed by atoms with Crippen molar-refractivity contribution < 1.29 is 24.2 Å². The van der Waals surface area contributed by atoms with Gasteiger partial charge in [-0.3, -0.25) is 14.6 Å². The maximum absolute atomic E-state index is 12.9. The van der Waals surface area contributed by atoms with Crippen LogP contribution in [-0.2, 0) is 9.59 Å². The van der Waals surface area contributed by atoms with Crippen LogP contribution in [0.4, 0.5) is 0 Å². The van der Waals surface area contributed by atoms with Crippen LogP contribution in [0.15, 0.2) is 48.2 Å². The molecule has 0 saturated carbocycles. The molecule has 0 radical (unpaired) electrons. The summed E-state index contributed by atoms with van der Waals surface area (Å²) >= 11 is 0. The molecule has 29 heavy (non-hydrogen) atoms. The van der Waals surface area contributed by atoms with Crippen LogP contribution in [0.25, 0.3) is 5.76 Å². The monoisotopic (exact) mass is 395 g/mol. The highest BCUT2D eigenvalue weighted by atomic mass is 16.7. The molecule has 8 heteroatoms. The summed E-state index contributed by atoms with van der Waals surface area (Å²) in [6.45, 7) is 1.000. The second-order valence-electron chi connectivity index (χ2n) is 7.12. The van der Waals surface area contributed by atoms with Crippen LogP contribution in [0, 0.1) is 0 Å². The van der Waals surface area contributed by atoms with E-state index in [1.54, 1.807) is 42.6 Å². The minimum absolute atomic E-state index is 0.0197. The average molecular weight is 395 g/mol. The van der Waals surface area contributed by atoms with Gasteiger partial charge in [0.2, 0.25) is 6.79 Å². The largest absolute Gasteiger partial charge is 0.507 e. The Morgan fingerprint density at radius 3 is 2.72 bits per heavy atom. The fraction of sp³-hybridized carbons (Fsp3) is 0.286. The SMILES string of the molecule is CN(C)CCN1C(=O)C(=O)/C(=C(/O)c2ccc3c(c2)OCO3)C1c1ccccn1. The second kappa shape index (κ2) is 7.56. The summed E-state index contributed by atoms with van der Waals surface area (Å²) in [4.78, 5) is 33.4. The summed E-state index contributed by atoms with van der Waals surface area (Å²) in [7, 11) is 3.78. The third kappa shape index (κ3) is 3.42. The molecule has 4 rings (SSSR count). The lowest BCUT2D eigenvalue weighted by Crippen LogP contribution is -2.35. The van der Waals surface area contributed by atoms with Gasteiger partial charge in [0.25, 0.3) is 11.7 Å². The van der Waals surface area contributed by atoms with Crippen LogP contribution in [0.1, 0.15) is 17.3 Å². The molecule has 1 N–H and O–H groups in total. The Morgan fingerprint density at radius 2 is 2.00 bits per heavy atom. The molecule has 2 aliphatic heterocycles. The highest BCUT2D eigenvalue weighted by molar-refractivity contribution is 6.46. The lowest BCUT2D eigenvalue weighted by molar-refractivity contribution is -0.140. The predicted octanol–water partition coefficient (Wildman–Crippen LogP) is 1.79. The molecule has 1 saturated heterocycles. The number of aliphatic hydroxyl groups is 1. The van der Waals surface area contributed by atoms with Gasteiger partial charge in [-0.2, -0.15) is 0 Å². The van der Waals surface area contributed by atoms with Crippen LogP contribution in [-0.4, -0.2) is 65.6 Å². The number of Topliss-reactive ketones (excluding diaryl/α,β-unsaturated/α-hetero) is 1. The molecule has 1 atom stereocenters. The smallest absolute Gasteiger partial charge is 0.295 e. The van der Waals surface area contributed by atoms with Crippen molar-refractivity contribution in [3.8, 4) is 11.5 Å². The second-order valence-corrected chi connectivity index (χ2v) is 7.12. The van der Waals surface area contributed by atoms with E-state index >= 15 is 0 Å². The van der Waals surface area contributed by atoms with Gasteiger partial charge < -0.3 is 24.4 Å². The van der Waals surface area contributed by atoms with Crippen molar-refractivity contribution >= 4 is 17.4 Å². The maximum atomic E-state index is 12.9. The molecule has 3 heterocycles. The zero-order chi connectivity index (χ0) is 20.5. The van der Waals surface area contributed by atoms with Crippen LogP contribution in [0.3, 0.4) is 0 Å². The van der Waals surface area contributed by atoms with Gasteiger partial charge >= 0.3 is 0 Å². The van der Waals surface area contributed by atoms with E-state index in [0.717, 1.165) is 0 Å². The molecule has 150 valence electrons. The van der Waals surface area contributed by atoms with Gasteiger partial charge in [-0.25, -0.2) is 0 Å². The first-order valence-electron chi connectivity index (χ1n) is 9.21. The van der Waals surface area contributed by atoms with E-state index < -0.39 is 17.7 Å². The Labute approximate surface area is 168 Å². The number of hydrogen-bond donors (Lipinski definition) is 1. The van der Waals surface area contributed by atoms with E-state index in [2.05, 4.69) is 4.98 Å². The normalized spacial score (nSPS) is 20.0. The fourth-order valence-electron chi connectivity index (χ4n) is 3.46. The molecule has 1 unspecified atom stereocenters. The van der Waals surface area contributed by atoms with Crippen LogP contribution in [0.5, 0.6) is 11.5 Å². The minimum atomic E-state index is -0.762. The highest BCUT2D eigenvalue weighted by Crippen LogP contribution is 2.40. The van der Waals surface area contributed by atoms with Crippen molar-refractivity contribution in [2.24, 2.45) is 0 Å². The Bertz CT molecular complexity index is 987. The Balaban J connectivity index is 1.81. The third-order valence-corrected chi connectivity index (χ3v) is 4.94. The topological polar surface area (TPSA) is 92.2 Å². The van der Waals surface area contributed by atoms with Crippen LogP contribution >= 0.6 is 0 Å². The number of aliphatic hydroxyl groups excluding tert-OH is 1. The number of pyridine rings is 1. The molecular weight excluding hydrogens is 374 g/mol. The zero-order valence-corrected chi connectivity index (χ0v) is 16.2. The number of nitrogens with zero attached hydrogens (tertiary/aromatic N) is 3. The number of rotatable bonds is 5. The molecule has 2 aliphatic rings. The molecule has 8 nitrogen and oxygen atoms in total. The van der Waals surface area contributed by atoms with Gasteiger partial charge in [0.05, 0.1) is 11.3 Å². The molecule has 1 aromatic heterocycles. The number of hydrogen-bond acceptors (Lipinski definition) is 7. The summed E-state index contributed by atoms with van der Waals surface area (Å²) in [5.74, 6) is -0.594. The summed E-state index contributed by atoms with van der Waals surface area (Å²) in [6.07, 6.45) is 1.60. The Morgan fingerprint density at radius 1 is 1.21 bits per heavy atom. The number of aromatic nitrogens is 1. The Kier molecular flexibility index (Phi) is 4.94. The van der Waals surface area contributed by atoms with Gasteiger partial charge in [-0.15, -0.1) is 0 Å². The number of ketones is 1. The maximum Gasteiger partial charge on any atom is 0.295 e. The van der Waals surface area contributed by atoms with Gasteiger partial charge in [-0.1, -0.05) is 6.07 Å². The first kappa shape index (κ1) is 18.9. The van der Waals surface area contributed by atoms with Crippen molar-refractivity contribution in [2.75, 3.05) is 34.0 Å². The summed E-state index contributed by atoms with van der Waals surface area (Å²) in [6, 6.07) is 9.41. The van der Waals surface area contributed by atoms with Crippen molar-refractivity contribution in [3.05, 3.63) is 59.4 Å². The number of ether oxygens (including phenoxy) is 2. The molecule has 1 amide bonds. The van der Waals surface area contributed by atoms with Crippen molar-refractivity contribution in [1.82, 2.24) is 14.8 Å². The molecule has 2 aromatic rings. The number of fused-ring (bicyclic) bond motifs is 1. The van der Waals surface area contributed by atoms with E-state index in [4.69, 9.17) is 9.47 Å². The third-order valence-electron chi connectivity index (χ3n) is 4.94. The number of likely N-dealkylation sites (N-methyl/N-ethyl adjacent to an activating group) is 1. The summed E-state index contributed by atoms with van der Waals surface area (Å²) in [5.41, 5.74) is 0.917. The van der Waals surface area contributed by atoms with Crippen molar-refractivity contribution in [1.29, 1.82) is 0 Å². The van der Waals surface area contributed by atoms with Gasteiger partial charge in [-0.05, 0) is 44.4 Å². The van der Waals surface area contributed by atoms with Gasteiger partial charge in [0, 0.05) is 24.8 Å². The lowest BCUT2D eigenvalue weighted by Gasteiger charge is -2.25. The zero-order valence-electron chi connectivity index (χ0n) is 16.2. The number of amides is 1. The summed E-state index contributed by atoms with van der Waals surface area (Å²) in [5, 5.41) is 11.0. The van der Waals surface area contributed by atoms with Gasteiger partial charge in [0.1, 0.15) is 11.8 Å². The Hall–Kier alpha value is -3.39. The van der Waals surface area contributed by atoms with Crippen molar-refractivity contribution in [3.63, 3.8) is 0 Å². The van der Waals surface area contributed by atoms with E-state index in [1.807, 2.05) is 19.0 Å². The molecule has 0 bridgehead atoms. The molecule has 1 fully saturated rings. The van der Waals surface area contributed by atoms with E-state index in [9.17, 15) is 14.7 Å². The van der Waals surface area contributed by atoms with Gasteiger partial charge in [0.15, 0.2) is 11.5 Å². The van der Waals surface area contributed by atoms with Crippen molar-refractivity contribution in [2.45, 2.75) is 6.04 Å². The minimum Gasteiger partial charge on any atom is -0.507 e. The lowest BCUT2D eigenvalue weighted by atomic mass is 9.98. The standard InChI is InChI=1S/C21H21N3O5/c1-23(2)9-10-24-18(14-5-3-4-8-22-14)17(20(26)21(24)27)19(25)13-6-7-15-16(11-13)29-12-28-15/h3-8,11,18,25H,9-10,12H2,1-2H3/b19-17+. The quantitative estimate of drug-likeness (QED) is 0.469. The fourth-order valence-corrected chi connectivity index (χ4v) is 3.46. The number of benzene rings is 1. The predicted molar refractivity (Wildman–Crippen MR) is 104 cm³/mol. The first-order chi connectivity index (χ1) is 14.0. The molecular formula is C21H21N3O5. The number of carbonyl (C=O) groups excluding carboxylic acids is 2. The first-order valence-corrected chi connectivity index (χ1v) is 9.21. The van der Waals surface area contributed by atoms with E-state index in [1.165, 1.54) is 4.90 Å². The van der Waals surface area contributed by atoms with E-state index in [-0.39, 0.29) is 18.1 Å². The van der Waals surface area contributed by atoms with E-state index in [0.29, 0.717) is 35.8 Å². The van der Waals surface area contributed by atoms with Crippen LogP contribution < -0.4 is 9.47 Å². The molecule has 0 aliphatic carbocycles. The average Bonchev–Trinajstić information content (AvgIpc) is 3.29. The molecule has 0 spiro atoms. The summed E-state index contributed by atoms with van der Waals surface area (Å²) < 4.78 is 10.7. The van der Waals surface area contributed by atoms with Crippen LogP contribution in [0.2, 0.25) is 0 Å².